The Balaban J connectivity index is 1.88. The number of amides is 2. The highest BCUT2D eigenvalue weighted by molar-refractivity contribution is 6.06. The van der Waals surface area contributed by atoms with E-state index in [2.05, 4.69) is 10.6 Å². The van der Waals surface area contributed by atoms with E-state index in [1.54, 1.807) is 25.1 Å². The van der Waals surface area contributed by atoms with Gasteiger partial charge in [0.15, 0.2) is 5.76 Å². The summed E-state index contributed by atoms with van der Waals surface area (Å²) < 4.78 is 45.4. The van der Waals surface area contributed by atoms with Crippen molar-refractivity contribution < 1.29 is 27.2 Å². The maximum Gasteiger partial charge on any atom is 0.418 e. The smallest absolute Gasteiger partial charge is 0.418 e. The largest absolute Gasteiger partial charge is 0.459 e. The second kappa shape index (κ2) is 7.59. The van der Waals surface area contributed by atoms with Crippen molar-refractivity contribution in [1.29, 1.82) is 0 Å². The summed E-state index contributed by atoms with van der Waals surface area (Å²) in [5.74, 6) is -1.38. The van der Waals surface area contributed by atoms with E-state index in [0.717, 1.165) is 12.1 Å². The van der Waals surface area contributed by atoms with Crippen LogP contribution in [0, 0.1) is 6.92 Å². The third-order valence-corrected chi connectivity index (χ3v) is 3.97. The molecule has 0 saturated carbocycles. The quantitative estimate of drug-likeness (QED) is 0.652. The molecule has 0 atom stereocenters. The zero-order chi connectivity index (χ0) is 20.3. The van der Waals surface area contributed by atoms with E-state index in [4.69, 9.17) is 4.42 Å². The van der Waals surface area contributed by atoms with E-state index >= 15 is 0 Å². The zero-order valence-corrected chi connectivity index (χ0v) is 14.6. The van der Waals surface area contributed by atoms with Crippen LogP contribution in [0.1, 0.15) is 32.0 Å². The number of rotatable bonds is 4. The molecule has 3 rings (SSSR count). The van der Waals surface area contributed by atoms with Crippen LogP contribution in [-0.4, -0.2) is 11.8 Å². The molecule has 0 aliphatic heterocycles. The first-order valence-electron chi connectivity index (χ1n) is 8.19. The minimum atomic E-state index is -4.74. The third-order valence-electron chi connectivity index (χ3n) is 3.97. The van der Waals surface area contributed by atoms with E-state index in [9.17, 15) is 22.8 Å². The summed E-state index contributed by atoms with van der Waals surface area (Å²) in [5, 5.41) is 4.62. The average Bonchev–Trinajstić information content (AvgIpc) is 3.17. The molecule has 1 heterocycles. The molecule has 1 aromatic heterocycles. The first-order chi connectivity index (χ1) is 13.3. The van der Waals surface area contributed by atoms with Crippen molar-refractivity contribution in [3.63, 3.8) is 0 Å². The number of anilines is 2. The number of carbonyl (C=O) groups is 2. The first kappa shape index (κ1) is 19.2. The van der Waals surface area contributed by atoms with Crippen molar-refractivity contribution in [3.05, 3.63) is 83.3 Å². The Morgan fingerprint density at radius 1 is 0.929 bits per heavy atom. The maximum absolute atomic E-state index is 13.5. The molecule has 8 heteroatoms. The normalized spacial score (nSPS) is 11.1. The number of aryl methyl sites for hydroxylation is 1. The molecule has 3 aromatic rings. The highest BCUT2D eigenvalue weighted by Crippen LogP contribution is 2.37. The molecule has 2 aromatic carbocycles. The van der Waals surface area contributed by atoms with Gasteiger partial charge in [-0.05, 0) is 48.9 Å². The van der Waals surface area contributed by atoms with Crippen molar-refractivity contribution in [1.82, 2.24) is 0 Å². The third kappa shape index (κ3) is 4.22. The summed E-state index contributed by atoms with van der Waals surface area (Å²) in [4.78, 5) is 24.3. The first-order valence-corrected chi connectivity index (χ1v) is 8.19. The van der Waals surface area contributed by atoms with Gasteiger partial charge in [0.1, 0.15) is 0 Å². The molecule has 28 heavy (non-hydrogen) atoms. The Hall–Kier alpha value is -3.55. The number of nitrogens with one attached hydrogen (secondary N) is 2. The van der Waals surface area contributed by atoms with Crippen molar-refractivity contribution >= 4 is 23.2 Å². The molecule has 0 radical (unpaired) electrons. The molecule has 2 amide bonds. The molecule has 0 aliphatic carbocycles. The Kier molecular flexibility index (Phi) is 5.21. The van der Waals surface area contributed by atoms with Crippen LogP contribution in [0.4, 0.5) is 24.5 Å². The van der Waals surface area contributed by atoms with E-state index in [1.165, 1.54) is 30.5 Å². The Morgan fingerprint density at radius 3 is 2.32 bits per heavy atom. The van der Waals surface area contributed by atoms with Crippen LogP contribution >= 0.6 is 0 Å². The minimum absolute atomic E-state index is 0.0366. The van der Waals surface area contributed by atoms with E-state index in [1.807, 2.05) is 0 Å². The zero-order valence-electron chi connectivity index (χ0n) is 14.6. The lowest BCUT2D eigenvalue weighted by molar-refractivity contribution is -0.136. The van der Waals surface area contributed by atoms with Gasteiger partial charge in [0.05, 0.1) is 17.5 Å². The molecular formula is C20H15F3N2O3. The number of halogens is 3. The van der Waals surface area contributed by atoms with Gasteiger partial charge in [-0.15, -0.1) is 0 Å². The predicted octanol–water partition coefficient (Wildman–Crippen LogP) is 5.11. The maximum atomic E-state index is 13.5. The van der Waals surface area contributed by atoms with Gasteiger partial charge in [-0.25, -0.2) is 0 Å². The summed E-state index contributed by atoms with van der Waals surface area (Å²) in [6, 6.07) is 12.6. The predicted molar refractivity (Wildman–Crippen MR) is 97.2 cm³/mol. The number of hydrogen-bond acceptors (Lipinski definition) is 3. The van der Waals surface area contributed by atoms with Crippen molar-refractivity contribution in [2.24, 2.45) is 0 Å². The number of alkyl halides is 3. The van der Waals surface area contributed by atoms with Gasteiger partial charge in [0, 0.05) is 11.3 Å². The van der Waals surface area contributed by atoms with Crippen LogP contribution in [0.2, 0.25) is 0 Å². The second-order valence-corrected chi connectivity index (χ2v) is 5.96. The number of benzene rings is 2. The topological polar surface area (TPSA) is 71.3 Å². The van der Waals surface area contributed by atoms with E-state index < -0.39 is 29.2 Å². The SMILES string of the molecule is Cc1ccccc1C(=O)Nc1ccc(NC(=O)c2ccco2)cc1C(F)(F)F. The fourth-order valence-corrected chi connectivity index (χ4v) is 2.58. The molecule has 5 nitrogen and oxygen atoms in total. The van der Waals surface area contributed by atoms with Gasteiger partial charge < -0.3 is 15.1 Å². The lowest BCUT2D eigenvalue weighted by Crippen LogP contribution is -2.18. The highest BCUT2D eigenvalue weighted by atomic mass is 19.4. The molecule has 144 valence electrons. The van der Waals surface area contributed by atoms with Crippen molar-refractivity contribution in [2.75, 3.05) is 10.6 Å². The van der Waals surface area contributed by atoms with Gasteiger partial charge in [0.2, 0.25) is 0 Å². The van der Waals surface area contributed by atoms with E-state index in [0.29, 0.717) is 5.56 Å². The minimum Gasteiger partial charge on any atom is -0.459 e. The van der Waals surface area contributed by atoms with Gasteiger partial charge >= 0.3 is 6.18 Å². The molecule has 0 fully saturated rings. The number of carbonyl (C=O) groups excluding carboxylic acids is 2. The van der Waals surface area contributed by atoms with Crippen LogP contribution in [-0.2, 0) is 6.18 Å². The standard InChI is InChI=1S/C20H15F3N2O3/c1-12-5-2-3-6-14(12)18(26)25-16-9-8-13(11-15(16)20(21,22)23)24-19(27)17-7-4-10-28-17/h2-11H,1H3,(H,24,27)(H,25,26). The fourth-order valence-electron chi connectivity index (χ4n) is 2.58. The molecule has 0 spiro atoms. The molecule has 0 aliphatic rings. The van der Waals surface area contributed by atoms with E-state index in [-0.39, 0.29) is 17.0 Å². The molecule has 2 N–H and O–H groups in total. The van der Waals surface area contributed by atoms with Crippen LogP contribution in [0.5, 0.6) is 0 Å². The summed E-state index contributed by atoms with van der Waals surface area (Å²) in [6.45, 7) is 1.69. The number of furan rings is 1. The Labute approximate surface area is 158 Å². The van der Waals surface area contributed by atoms with Crippen LogP contribution in [0.15, 0.2) is 65.3 Å². The van der Waals surface area contributed by atoms with Gasteiger partial charge in [-0.1, -0.05) is 18.2 Å². The lowest BCUT2D eigenvalue weighted by Gasteiger charge is -2.16. The number of hydrogen-bond donors (Lipinski definition) is 2. The summed E-state index contributed by atoms with van der Waals surface area (Å²) in [7, 11) is 0. The Bertz CT molecular complexity index is 1010. The van der Waals surface area contributed by atoms with Gasteiger partial charge in [-0.2, -0.15) is 13.2 Å². The average molecular weight is 388 g/mol. The van der Waals surface area contributed by atoms with Crippen molar-refractivity contribution in [2.45, 2.75) is 13.1 Å². The van der Waals surface area contributed by atoms with Gasteiger partial charge in [0.25, 0.3) is 11.8 Å². The Morgan fingerprint density at radius 2 is 1.68 bits per heavy atom. The molecule has 0 bridgehead atoms. The summed E-state index contributed by atoms with van der Waals surface area (Å²) >= 11 is 0. The van der Waals surface area contributed by atoms with Crippen LogP contribution < -0.4 is 10.6 Å². The van der Waals surface area contributed by atoms with Gasteiger partial charge in [-0.3, -0.25) is 9.59 Å². The second-order valence-electron chi connectivity index (χ2n) is 5.96. The lowest BCUT2D eigenvalue weighted by atomic mass is 10.1. The highest BCUT2D eigenvalue weighted by Gasteiger charge is 2.34. The molecule has 0 unspecified atom stereocenters. The monoisotopic (exact) mass is 388 g/mol. The molecule has 0 saturated heterocycles. The van der Waals surface area contributed by atoms with Crippen molar-refractivity contribution in [3.8, 4) is 0 Å². The molecular weight excluding hydrogens is 373 g/mol. The summed E-state index contributed by atoms with van der Waals surface area (Å²) in [5.41, 5.74) is -0.659. The van der Waals surface area contributed by atoms with Crippen LogP contribution in [0.3, 0.4) is 0 Å². The fraction of sp³-hybridized carbons (Fsp3) is 0.100. The van der Waals surface area contributed by atoms with Crippen LogP contribution in [0.25, 0.3) is 0 Å². The summed E-state index contributed by atoms with van der Waals surface area (Å²) in [6.07, 6.45) is -3.46.